The summed E-state index contributed by atoms with van der Waals surface area (Å²) in [7, 11) is 0. The number of hydrogen-bond acceptors (Lipinski definition) is 1. The molecule has 0 heterocycles. The SMILES string of the molecule is [C-]#[N+]c1ccc2c(c1)CCC2O. The van der Waals surface area contributed by atoms with Gasteiger partial charge in [-0.3, -0.25) is 0 Å². The molecule has 2 rings (SSSR count). The minimum absolute atomic E-state index is 0.306. The van der Waals surface area contributed by atoms with Crippen molar-refractivity contribution in [1.82, 2.24) is 0 Å². The van der Waals surface area contributed by atoms with Gasteiger partial charge in [-0.1, -0.05) is 23.8 Å². The van der Waals surface area contributed by atoms with Crippen LogP contribution in [0.3, 0.4) is 0 Å². The summed E-state index contributed by atoms with van der Waals surface area (Å²) in [6.45, 7) is 6.82. The summed E-state index contributed by atoms with van der Waals surface area (Å²) in [6.07, 6.45) is 1.40. The Morgan fingerprint density at radius 2 is 2.33 bits per heavy atom. The van der Waals surface area contributed by atoms with Gasteiger partial charge in [-0.05, 0) is 18.4 Å². The first-order chi connectivity index (χ1) is 5.81. The van der Waals surface area contributed by atoms with Crippen LogP contribution in [0.1, 0.15) is 23.7 Å². The Kier molecular flexibility index (Phi) is 1.60. The van der Waals surface area contributed by atoms with Gasteiger partial charge in [-0.2, -0.15) is 0 Å². The maximum absolute atomic E-state index is 9.47. The third-order valence-corrected chi connectivity index (χ3v) is 2.30. The van der Waals surface area contributed by atoms with Gasteiger partial charge < -0.3 is 5.11 Å². The van der Waals surface area contributed by atoms with Crippen LogP contribution in [-0.4, -0.2) is 5.11 Å². The highest BCUT2D eigenvalue weighted by atomic mass is 16.3. The van der Waals surface area contributed by atoms with E-state index in [1.165, 1.54) is 0 Å². The second-order valence-electron chi connectivity index (χ2n) is 3.05. The second-order valence-corrected chi connectivity index (χ2v) is 3.05. The summed E-state index contributed by atoms with van der Waals surface area (Å²) >= 11 is 0. The van der Waals surface area contributed by atoms with E-state index in [0.717, 1.165) is 24.0 Å². The Bertz CT molecular complexity index is 351. The van der Waals surface area contributed by atoms with Crippen LogP contribution >= 0.6 is 0 Å². The topological polar surface area (TPSA) is 24.6 Å². The Hall–Kier alpha value is -1.33. The van der Waals surface area contributed by atoms with Gasteiger partial charge in [0.1, 0.15) is 0 Å². The molecule has 2 nitrogen and oxygen atoms in total. The molecular weight excluding hydrogens is 150 g/mol. The smallest absolute Gasteiger partial charge is 0.187 e. The van der Waals surface area contributed by atoms with Crippen molar-refractivity contribution in [2.75, 3.05) is 0 Å². The van der Waals surface area contributed by atoms with Gasteiger partial charge in [-0.15, -0.1) is 0 Å². The van der Waals surface area contributed by atoms with Crippen LogP contribution in [0.2, 0.25) is 0 Å². The number of nitrogens with zero attached hydrogens (tertiary/aromatic N) is 1. The lowest BCUT2D eigenvalue weighted by Gasteiger charge is -2.02. The van der Waals surface area contributed by atoms with Gasteiger partial charge in [0.2, 0.25) is 0 Å². The van der Waals surface area contributed by atoms with E-state index in [9.17, 15) is 5.11 Å². The Morgan fingerprint density at radius 3 is 3.08 bits per heavy atom. The summed E-state index contributed by atoms with van der Waals surface area (Å²) in [5.74, 6) is 0. The number of aliphatic hydroxyl groups is 1. The molecule has 0 bridgehead atoms. The second kappa shape index (κ2) is 2.62. The molecule has 0 fully saturated rings. The zero-order chi connectivity index (χ0) is 8.55. The molecule has 0 aliphatic heterocycles. The predicted molar refractivity (Wildman–Crippen MR) is 46.0 cm³/mol. The molecule has 0 saturated carbocycles. The highest BCUT2D eigenvalue weighted by molar-refractivity contribution is 5.51. The molecule has 0 saturated heterocycles. The molecular formula is C10H9NO. The lowest BCUT2D eigenvalue weighted by Crippen LogP contribution is -1.88. The van der Waals surface area contributed by atoms with E-state index in [1.54, 1.807) is 6.07 Å². The number of aryl methyl sites for hydroxylation is 1. The van der Waals surface area contributed by atoms with E-state index in [0.29, 0.717) is 5.69 Å². The summed E-state index contributed by atoms with van der Waals surface area (Å²) < 4.78 is 0. The average Bonchev–Trinajstić information content (AvgIpc) is 2.47. The zero-order valence-electron chi connectivity index (χ0n) is 6.62. The quantitative estimate of drug-likeness (QED) is 0.577. The van der Waals surface area contributed by atoms with Gasteiger partial charge in [0.05, 0.1) is 12.7 Å². The largest absolute Gasteiger partial charge is 0.388 e. The van der Waals surface area contributed by atoms with Crippen molar-refractivity contribution in [3.63, 3.8) is 0 Å². The fourth-order valence-electron chi connectivity index (χ4n) is 1.65. The molecule has 1 atom stereocenters. The lowest BCUT2D eigenvalue weighted by molar-refractivity contribution is 0.180. The first-order valence-electron chi connectivity index (χ1n) is 3.99. The van der Waals surface area contributed by atoms with Crippen molar-refractivity contribution < 1.29 is 5.11 Å². The third kappa shape index (κ3) is 0.992. The monoisotopic (exact) mass is 159 g/mol. The minimum Gasteiger partial charge on any atom is -0.388 e. The highest BCUT2D eigenvalue weighted by Gasteiger charge is 2.19. The number of benzene rings is 1. The van der Waals surface area contributed by atoms with Crippen molar-refractivity contribution in [1.29, 1.82) is 0 Å². The van der Waals surface area contributed by atoms with E-state index in [2.05, 4.69) is 4.85 Å². The molecule has 1 aliphatic carbocycles. The van der Waals surface area contributed by atoms with E-state index in [1.807, 2.05) is 12.1 Å². The number of rotatable bonds is 0. The molecule has 0 aromatic heterocycles. The number of hydrogen-bond donors (Lipinski definition) is 1. The van der Waals surface area contributed by atoms with Crippen molar-refractivity contribution >= 4 is 5.69 Å². The van der Waals surface area contributed by atoms with Crippen molar-refractivity contribution in [2.24, 2.45) is 0 Å². The maximum atomic E-state index is 9.47. The fourth-order valence-corrected chi connectivity index (χ4v) is 1.65. The van der Waals surface area contributed by atoms with Crippen molar-refractivity contribution in [2.45, 2.75) is 18.9 Å². The van der Waals surface area contributed by atoms with Gasteiger partial charge in [0.15, 0.2) is 5.69 Å². The van der Waals surface area contributed by atoms with Gasteiger partial charge >= 0.3 is 0 Å². The molecule has 0 spiro atoms. The predicted octanol–water partition coefficient (Wildman–Crippen LogP) is 2.22. The van der Waals surface area contributed by atoms with Crippen LogP contribution < -0.4 is 0 Å². The summed E-state index contributed by atoms with van der Waals surface area (Å²) in [4.78, 5) is 3.34. The van der Waals surface area contributed by atoms with Crippen LogP contribution in [0.5, 0.6) is 0 Å². The molecule has 60 valence electrons. The lowest BCUT2D eigenvalue weighted by atomic mass is 10.1. The Morgan fingerprint density at radius 1 is 1.50 bits per heavy atom. The Labute approximate surface area is 71.3 Å². The molecule has 0 amide bonds. The maximum Gasteiger partial charge on any atom is 0.187 e. The van der Waals surface area contributed by atoms with E-state index >= 15 is 0 Å². The first-order valence-corrected chi connectivity index (χ1v) is 3.99. The molecule has 0 radical (unpaired) electrons. The number of fused-ring (bicyclic) bond motifs is 1. The third-order valence-electron chi connectivity index (χ3n) is 2.30. The van der Waals surface area contributed by atoms with Gasteiger partial charge in [-0.25, -0.2) is 4.85 Å². The average molecular weight is 159 g/mol. The molecule has 1 aromatic carbocycles. The molecule has 1 N–H and O–H groups in total. The van der Waals surface area contributed by atoms with Crippen molar-refractivity contribution in [3.8, 4) is 0 Å². The van der Waals surface area contributed by atoms with E-state index in [-0.39, 0.29) is 6.10 Å². The molecule has 1 aliphatic rings. The highest BCUT2D eigenvalue weighted by Crippen LogP contribution is 2.33. The standard InChI is InChI=1S/C10H9NO/c1-11-8-3-4-9-7(6-8)2-5-10(9)12/h3-4,6,10,12H,2,5H2. The Balaban J connectivity index is 2.50. The summed E-state index contributed by atoms with van der Waals surface area (Å²) in [5, 5.41) is 9.47. The van der Waals surface area contributed by atoms with Gasteiger partial charge in [0, 0.05) is 0 Å². The van der Waals surface area contributed by atoms with Crippen LogP contribution in [0.25, 0.3) is 4.85 Å². The van der Waals surface area contributed by atoms with Crippen LogP contribution in [-0.2, 0) is 6.42 Å². The minimum atomic E-state index is -0.306. The van der Waals surface area contributed by atoms with Crippen LogP contribution in [0.4, 0.5) is 5.69 Å². The number of aliphatic hydroxyl groups excluding tert-OH is 1. The van der Waals surface area contributed by atoms with E-state index < -0.39 is 0 Å². The first kappa shape index (κ1) is 7.33. The fraction of sp³-hybridized carbons (Fsp3) is 0.300. The molecule has 1 aromatic rings. The molecule has 2 heteroatoms. The molecule has 12 heavy (non-hydrogen) atoms. The van der Waals surface area contributed by atoms with E-state index in [4.69, 9.17) is 6.57 Å². The van der Waals surface area contributed by atoms with Crippen LogP contribution in [0, 0.1) is 6.57 Å². The summed E-state index contributed by atoms with van der Waals surface area (Å²) in [6, 6.07) is 5.50. The normalized spacial score (nSPS) is 20.2. The molecule has 1 unspecified atom stereocenters. The van der Waals surface area contributed by atoms with Crippen molar-refractivity contribution in [3.05, 3.63) is 40.7 Å². The summed E-state index contributed by atoms with van der Waals surface area (Å²) in [5.41, 5.74) is 2.81. The van der Waals surface area contributed by atoms with Crippen LogP contribution in [0.15, 0.2) is 18.2 Å². The van der Waals surface area contributed by atoms with Gasteiger partial charge in [0.25, 0.3) is 0 Å². The zero-order valence-corrected chi connectivity index (χ0v) is 6.62.